The number of aliphatic hydroxyl groups excluding tert-OH is 1. The molecule has 0 saturated heterocycles. The fourth-order valence-electron chi connectivity index (χ4n) is 2.48. The third-order valence-corrected chi connectivity index (χ3v) is 3.53. The zero-order chi connectivity index (χ0) is 16.8. The van der Waals surface area contributed by atoms with E-state index in [-0.39, 0.29) is 18.0 Å². The summed E-state index contributed by atoms with van der Waals surface area (Å²) in [6, 6.07) is 12.2. The highest BCUT2D eigenvalue weighted by atomic mass is 19.1. The number of carbonyl (C=O) groups is 1. The zero-order valence-corrected chi connectivity index (χ0v) is 12.8. The Kier molecular flexibility index (Phi) is 5.82. The van der Waals surface area contributed by atoms with Gasteiger partial charge in [0.2, 0.25) is 0 Å². The lowest BCUT2D eigenvalue weighted by Crippen LogP contribution is -2.29. The van der Waals surface area contributed by atoms with Gasteiger partial charge in [0.1, 0.15) is 11.6 Å². The quantitative estimate of drug-likeness (QED) is 0.859. The summed E-state index contributed by atoms with van der Waals surface area (Å²) in [6.45, 7) is 1.95. The van der Waals surface area contributed by atoms with E-state index in [0.717, 1.165) is 23.8 Å². The van der Waals surface area contributed by atoms with E-state index in [2.05, 4.69) is 5.32 Å². The normalized spacial score (nSPS) is 13.4. The average molecular weight is 319 g/mol. The minimum Gasteiger partial charge on any atom is -0.393 e. The molecule has 2 N–H and O–H groups in total. The van der Waals surface area contributed by atoms with Crippen LogP contribution in [0.15, 0.2) is 48.5 Å². The van der Waals surface area contributed by atoms with Crippen molar-refractivity contribution in [3.05, 3.63) is 71.3 Å². The van der Waals surface area contributed by atoms with E-state index in [4.69, 9.17) is 0 Å². The van der Waals surface area contributed by atoms with Crippen LogP contribution in [-0.2, 0) is 0 Å². The van der Waals surface area contributed by atoms with Crippen LogP contribution in [0.3, 0.4) is 0 Å². The van der Waals surface area contributed by atoms with Gasteiger partial charge in [0.25, 0.3) is 5.91 Å². The molecular formula is C18H19F2NO2. The van der Waals surface area contributed by atoms with Crippen LogP contribution in [0.5, 0.6) is 0 Å². The van der Waals surface area contributed by atoms with Crippen molar-refractivity contribution in [3.8, 4) is 0 Å². The largest absolute Gasteiger partial charge is 0.393 e. The summed E-state index contributed by atoms with van der Waals surface area (Å²) in [7, 11) is 0. The minimum absolute atomic E-state index is 0.0636. The molecule has 3 nitrogen and oxygen atoms in total. The van der Waals surface area contributed by atoms with Crippen LogP contribution in [0, 0.1) is 11.6 Å². The van der Waals surface area contributed by atoms with Crippen LogP contribution < -0.4 is 5.32 Å². The molecule has 0 radical (unpaired) electrons. The van der Waals surface area contributed by atoms with Gasteiger partial charge in [-0.1, -0.05) is 30.3 Å². The molecule has 0 unspecified atom stereocenters. The Balaban J connectivity index is 2.07. The molecule has 2 rings (SSSR count). The van der Waals surface area contributed by atoms with Crippen molar-refractivity contribution in [2.24, 2.45) is 0 Å². The van der Waals surface area contributed by atoms with E-state index in [9.17, 15) is 18.7 Å². The summed E-state index contributed by atoms with van der Waals surface area (Å²) in [5.41, 5.74) is 0.922. The molecule has 0 spiro atoms. The van der Waals surface area contributed by atoms with Gasteiger partial charge in [-0.15, -0.1) is 0 Å². The molecule has 0 aliphatic heterocycles. The lowest BCUT2D eigenvalue weighted by atomic mass is 9.93. The van der Waals surface area contributed by atoms with Gasteiger partial charge in [0, 0.05) is 24.1 Å². The molecule has 0 aromatic heterocycles. The molecule has 23 heavy (non-hydrogen) atoms. The van der Waals surface area contributed by atoms with Gasteiger partial charge in [-0.3, -0.25) is 4.79 Å². The number of benzene rings is 2. The first-order valence-electron chi connectivity index (χ1n) is 7.43. The first-order chi connectivity index (χ1) is 11.0. The van der Waals surface area contributed by atoms with Crippen LogP contribution >= 0.6 is 0 Å². The van der Waals surface area contributed by atoms with Gasteiger partial charge < -0.3 is 10.4 Å². The average Bonchev–Trinajstić information content (AvgIpc) is 2.50. The Labute approximate surface area is 134 Å². The summed E-state index contributed by atoms with van der Waals surface area (Å²) < 4.78 is 26.3. The third kappa shape index (κ3) is 5.14. The Morgan fingerprint density at radius 2 is 1.74 bits per heavy atom. The summed E-state index contributed by atoms with van der Waals surface area (Å²) in [5, 5.41) is 12.3. The van der Waals surface area contributed by atoms with Crippen LogP contribution in [0.2, 0.25) is 0 Å². The van der Waals surface area contributed by atoms with Gasteiger partial charge in [-0.2, -0.15) is 0 Å². The van der Waals surface area contributed by atoms with E-state index in [1.54, 1.807) is 6.92 Å². The molecular weight excluding hydrogens is 300 g/mol. The molecule has 0 aliphatic rings. The third-order valence-electron chi connectivity index (χ3n) is 3.53. The molecule has 1 amide bonds. The van der Waals surface area contributed by atoms with Crippen LogP contribution in [0.4, 0.5) is 8.78 Å². The van der Waals surface area contributed by atoms with E-state index in [1.165, 1.54) is 0 Å². The van der Waals surface area contributed by atoms with Crippen molar-refractivity contribution in [2.45, 2.75) is 25.4 Å². The number of halogens is 2. The number of nitrogens with one attached hydrogen (secondary N) is 1. The van der Waals surface area contributed by atoms with Crippen LogP contribution in [-0.4, -0.2) is 23.7 Å². The standard InChI is InChI=1S/C18H19F2NO2/c1-12(22)7-15(13-5-3-2-4-6-13)11-21-18(23)14-8-16(19)10-17(20)9-14/h2-6,8-10,12,15,22H,7,11H2,1H3,(H,21,23)/t12-,15-/m1/s1. The molecule has 0 aliphatic carbocycles. The number of rotatable bonds is 6. The molecule has 0 saturated carbocycles. The predicted octanol–water partition coefficient (Wildman–Crippen LogP) is 3.25. The molecule has 2 aromatic carbocycles. The number of carbonyl (C=O) groups excluding carboxylic acids is 1. The lowest BCUT2D eigenvalue weighted by molar-refractivity contribution is 0.0944. The second-order valence-corrected chi connectivity index (χ2v) is 5.56. The van der Waals surface area contributed by atoms with Crippen molar-refractivity contribution in [2.75, 3.05) is 6.54 Å². The second-order valence-electron chi connectivity index (χ2n) is 5.56. The summed E-state index contributed by atoms with van der Waals surface area (Å²) in [5.74, 6) is -2.22. The highest BCUT2D eigenvalue weighted by molar-refractivity contribution is 5.94. The molecule has 2 aromatic rings. The monoisotopic (exact) mass is 319 g/mol. The number of amides is 1. The first-order valence-corrected chi connectivity index (χ1v) is 7.43. The molecule has 0 bridgehead atoms. The maximum atomic E-state index is 13.2. The number of aliphatic hydroxyl groups is 1. The van der Waals surface area contributed by atoms with E-state index >= 15 is 0 Å². The minimum atomic E-state index is -0.793. The Hall–Kier alpha value is -2.27. The van der Waals surface area contributed by atoms with Crippen molar-refractivity contribution in [1.29, 1.82) is 0 Å². The number of hydrogen-bond acceptors (Lipinski definition) is 2. The van der Waals surface area contributed by atoms with Crippen LogP contribution in [0.25, 0.3) is 0 Å². The highest BCUT2D eigenvalue weighted by Gasteiger charge is 2.16. The van der Waals surface area contributed by atoms with E-state index in [1.807, 2.05) is 30.3 Å². The maximum absolute atomic E-state index is 13.2. The molecule has 0 fully saturated rings. The fourth-order valence-corrected chi connectivity index (χ4v) is 2.48. The molecule has 0 heterocycles. The van der Waals surface area contributed by atoms with E-state index < -0.39 is 23.6 Å². The van der Waals surface area contributed by atoms with Gasteiger partial charge >= 0.3 is 0 Å². The van der Waals surface area contributed by atoms with Gasteiger partial charge in [0.05, 0.1) is 6.10 Å². The summed E-state index contributed by atoms with van der Waals surface area (Å²) >= 11 is 0. The molecule has 122 valence electrons. The Morgan fingerprint density at radius 3 is 2.30 bits per heavy atom. The molecule has 5 heteroatoms. The molecule has 2 atom stereocenters. The fraction of sp³-hybridized carbons (Fsp3) is 0.278. The van der Waals surface area contributed by atoms with Crippen molar-refractivity contribution in [3.63, 3.8) is 0 Å². The van der Waals surface area contributed by atoms with Gasteiger partial charge in [0.15, 0.2) is 0 Å². The Bertz CT molecular complexity index is 639. The summed E-state index contributed by atoms with van der Waals surface area (Å²) in [4.78, 5) is 12.1. The maximum Gasteiger partial charge on any atom is 0.251 e. The van der Waals surface area contributed by atoms with Gasteiger partial charge in [-0.25, -0.2) is 8.78 Å². The van der Waals surface area contributed by atoms with Crippen molar-refractivity contribution >= 4 is 5.91 Å². The van der Waals surface area contributed by atoms with E-state index in [0.29, 0.717) is 6.42 Å². The SMILES string of the molecule is C[C@@H](O)C[C@H](CNC(=O)c1cc(F)cc(F)c1)c1ccccc1. The van der Waals surface area contributed by atoms with Crippen molar-refractivity contribution < 1.29 is 18.7 Å². The Morgan fingerprint density at radius 1 is 1.13 bits per heavy atom. The summed E-state index contributed by atoms with van der Waals surface area (Å²) in [6.07, 6.45) is -0.0503. The van der Waals surface area contributed by atoms with Crippen molar-refractivity contribution in [1.82, 2.24) is 5.32 Å². The number of hydrogen-bond donors (Lipinski definition) is 2. The highest BCUT2D eigenvalue weighted by Crippen LogP contribution is 2.20. The smallest absolute Gasteiger partial charge is 0.251 e. The van der Waals surface area contributed by atoms with Crippen LogP contribution in [0.1, 0.15) is 35.2 Å². The lowest BCUT2D eigenvalue weighted by Gasteiger charge is -2.19. The van der Waals surface area contributed by atoms with Gasteiger partial charge in [-0.05, 0) is 31.0 Å². The second kappa shape index (κ2) is 7.83. The topological polar surface area (TPSA) is 49.3 Å². The predicted molar refractivity (Wildman–Crippen MR) is 84.2 cm³/mol. The zero-order valence-electron chi connectivity index (χ0n) is 12.8. The first kappa shape index (κ1) is 17.1.